The van der Waals surface area contributed by atoms with Crippen molar-refractivity contribution in [1.82, 2.24) is 5.32 Å². The molecule has 0 aromatic heterocycles. The third-order valence-corrected chi connectivity index (χ3v) is 77.2. The Bertz CT molecular complexity index is 1990. The van der Waals surface area contributed by atoms with E-state index in [0.29, 0.717) is 12.1 Å². The van der Waals surface area contributed by atoms with E-state index >= 15 is 0 Å². The van der Waals surface area contributed by atoms with Gasteiger partial charge < -0.3 is 71.2 Å². The summed E-state index contributed by atoms with van der Waals surface area (Å²) in [6, 6.07) is 2.02. The van der Waals surface area contributed by atoms with Gasteiger partial charge in [-0.2, -0.15) is 0 Å². The van der Waals surface area contributed by atoms with Gasteiger partial charge in [-0.25, -0.2) is 0 Å². The van der Waals surface area contributed by atoms with Crippen molar-refractivity contribution < 1.29 is 70.6 Å². The highest BCUT2D eigenvalue weighted by atomic mass is 28.5. The van der Waals surface area contributed by atoms with Crippen molar-refractivity contribution in [3.8, 4) is 0 Å². The number of hydrogen-bond acceptors (Lipinski definition) is 17. The standard InChI is InChI=1S/C45H123NO17Si17/c1-38-39-42-64(4,5)48-66(8,9)50-68(12,13)52-70(16,17)54-72(20,21)56-74(24,25)58-76(28,29)60-78(32,33)62-80(36,37)63-79(34,35)61-77(30,31)59-75(26,27)57-73(22,23)55-71(18,19)53-69(14,15)51-67(10,11)49-65(6,7)43-40-41-46-45(47)44(2)3/h2,38-43H2,1,3-37H3,(H,46,47). The van der Waals surface area contributed by atoms with Gasteiger partial charge in [-0.3, -0.25) is 4.79 Å². The molecule has 0 atom stereocenters. The molecule has 0 aromatic rings. The molecule has 1 amide bonds. The fourth-order valence-corrected chi connectivity index (χ4v) is 99.6. The lowest BCUT2D eigenvalue weighted by molar-refractivity contribution is -0.117. The summed E-state index contributed by atoms with van der Waals surface area (Å²) >= 11 is 0. The number of carbonyl (C=O) groups excluding carboxylic acids is 1. The molecule has 0 fully saturated rings. The number of amides is 1. The third-order valence-electron chi connectivity index (χ3n) is 10.7. The average molecular weight is 1430 g/mol. The van der Waals surface area contributed by atoms with E-state index in [9.17, 15) is 4.79 Å². The lowest BCUT2D eigenvalue weighted by Gasteiger charge is -2.45. The highest BCUT2D eigenvalue weighted by Gasteiger charge is 2.53. The SMILES string of the molecule is C=C(C)C(=O)NCCC[Si](C)(C)O[Si](C)(C)O[Si](C)(C)O[Si](C)(C)O[Si](C)(C)O[Si](C)(C)O[Si](C)(C)O[Si](C)(C)O[Si](C)(C)O[Si](C)(C)O[Si](C)(C)O[Si](C)(C)O[Si](C)(C)O[Si](C)(C)O[Si](C)(C)O[Si](C)(C)O[Si](C)(C)CCCC. The molecule has 0 aliphatic rings. The molecule has 0 unspecified atom stereocenters. The molecule has 0 saturated carbocycles. The fourth-order valence-electron chi connectivity index (χ4n) is 11.5. The largest absolute Gasteiger partial charge is 0.436 e. The second-order valence-electron chi connectivity index (χ2n) is 29.4. The van der Waals surface area contributed by atoms with Crippen LogP contribution in [0.3, 0.4) is 0 Å². The minimum Gasteiger partial charge on any atom is -0.436 e. The van der Waals surface area contributed by atoms with Crippen LogP contribution in [0, 0.1) is 0 Å². The van der Waals surface area contributed by atoms with Crippen molar-refractivity contribution >= 4 is 151 Å². The zero-order valence-electron chi connectivity index (χ0n) is 57.9. The third kappa shape index (κ3) is 38.0. The van der Waals surface area contributed by atoms with Crippen LogP contribution in [0.5, 0.6) is 0 Å². The summed E-state index contributed by atoms with van der Waals surface area (Å²) < 4.78 is 110. The van der Waals surface area contributed by atoms with Gasteiger partial charge >= 0.3 is 128 Å². The topological polar surface area (TPSA) is 177 Å². The van der Waals surface area contributed by atoms with E-state index < -0.39 is 145 Å². The second kappa shape index (κ2) is 29.5. The Hall–Kier alpha value is 2.26. The summed E-state index contributed by atoms with van der Waals surface area (Å²) in [5.74, 6) is -0.115. The van der Waals surface area contributed by atoms with Gasteiger partial charge in [0.25, 0.3) is 0 Å². The van der Waals surface area contributed by atoms with Crippen LogP contribution < -0.4 is 5.32 Å². The lowest BCUT2D eigenvalue weighted by atomic mass is 10.3. The smallest absolute Gasteiger partial charge is 0.314 e. The van der Waals surface area contributed by atoms with Gasteiger partial charge in [-0.05, 0) is 248 Å². The first-order valence-corrected chi connectivity index (χ1v) is 77.3. The Morgan fingerprint density at radius 2 is 0.438 bits per heavy atom. The van der Waals surface area contributed by atoms with Gasteiger partial charge in [0.05, 0.1) is 0 Å². The van der Waals surface area contributed by atoms with Gasteiger partial charge in [-0.15, -0.1) is 0 Å². The first-order valence-electron chi connectivity index (χ1n) is 28.9. The van der Waals surface area contributed by atoms with Crippen LogP contribution in [0.25, 0.3) is 0 Å². The summed E-state index contributed by atoms with van der Waals surface area (Å²) in [7, 11) is -45.3. The van der Waals surface area contributed by atoms with Crippen LogP contribution >= 0.6 is 0 Å². The normalized spacial score (nSPS) is 15.4. The molecule has 35 heteroatoms. The van der Waals surface area contributed by atoms with Crippen molar-refractivity contribution in [2.24, 2.45) is 0 Å². The predicted octanol–water partition coefficient (Wildman–Crippen LogP) is 15.1. The van der Waals surface area contributed by atoms with Crippen LogP contribution in [0.4, 0.5) is 0 Å². The molecular formula is C45H123NO17Si17. The number of carbonyl (C=O) groups is 1. The maximum Gasteiger partial charge on any atom is 0.314 e. The zero-order chi connectivity index (χ0) is 63.9. The van der Waals surface area contributed by atoms with E-state index in [4.69, 9.17) is 65.8 Å². The van der Waals surface area contributed by atoms with Crippen molar-refractivity contribution in [3.05, 3.63) is 12.2 Å². The van der Waals surface area contributed by atoms with Crippen molar-refractivity contribution in [2.75, 3.05) is 6.54 Å². The molecule has 0 aromatic carbocycles. The maximum absolute atomic E-state index is 12.0. The summed E-state index contributed by atoms with van der Waals surface area (Å²) in [5.41, 5.74) is 0.509. The van der Waals surface area contributed by atoms with E-state index in [0.717, 1.165) is 24.9 Å². The van der Waals surface area contributed by atoms with Gasteiger partial charge in [-0.1, -0.05) is 26.3 Å². The molecule has 0 saturated heterocycles. The number of hydrogen-bond donors (Lipinski definition) is 1. The van der Waals surface area contributed by atoms with Crippen molar-refractivity contribution in [1.29, 1.82) is 0 Å². The van der Waals surface area contributed by atoms with Gasteiger partial charge in [0, 0.05) is 12.1 Å². The van der Waals surface area contributed by atoms with Gasteiger partial charge in [0.1, 0.15) is 0 Å². The maximum atomic E-state index is 12.0. The second-order valence-corrected chi connectivity index (χ2v) is 92.5. The Balaban J connectivity index is 5.73. The molecule has 0 aliphatic carbocycles. The monoisotopic (exact) mass is 1430 g/mol. The van der Waals surface area contributed by atoms with E-state index in [1.54, 1.807) is 6.92 Å². The number of unbranched alkanes of at least 4 members (excludes halogenated alkanes) is 1. The number of nitrogens with one attached hydrogen (secondary N) is 1. The van der Waals surface area contributed by atoms with Crippen molar-refractivity contribution in [2.45, 2.75) is 268 Å². The quantitative estimate of drug-likeness (QED) is 0.0348. The van der Waals surface area contributed by atoms with E-state index in [-0.39, 0.29) is 5.91 Å². The molecule has 1 N–H and O–H groups in total. The first-order chi connectivity index (χ1) is 34.7. The molecule has 478 valence electrons. The van der Waals surface area contributed by atoms with Gasteiger partial charge in [0.15, 0.2) is 16.6 Å². The molecule has 80 heavy (non-hydrogen) atoms. The summed E-state index contributed by atoms with van der Waals surface area (Å²) in [6.45, 7) is 79.4. The minimum atomic E-state index is -2.85. The molecule has 0 spiro atoms. The fraction of sp³-hybridized carbons (Fsp3) is 0.933. The molecule has 0 heterocycles. The Labute approximate surface area is 509 Å². The van der Waals surface area contributed by atoms with E-state index in [1.165, 1.54) is 6.42 Å². The minimum absolute atomic E-state index is 0.115. The van der Waals surface area contributed by atoms with Crippen molar-refractivity contribution in [3.63, 3.8) is 0 Å². The van der Waals surface area contributed by atoms with Gasteiger partial charge in [0.2, 0.25) is 5.91 Å². The Morgan fingerprint density at radius 3 is 0.588 bits per heavy atom. The van der Waals surface area contributed by atoms with Crippen LogP contribution in [0.1, 0.15) is 33.1 Å². The summed E-state index contributed by atoms with van der Waals surface area (Å²) in [6.07, 6.45) is 3.17. The highest BCUT2D eigenvalue weighted by Crippen LogP contribution is 2.34. The van der Waals surface area contributed by atoms with Crippen LogP contribution in [0.2, 0.25) is 235 Å². The Kier molecular flexibility index (Phi) is 30.3. The molecule has 0 aliphatic heterocycles. The zero-order valence-corrected chi connectivity index (χ0v) is 74.9. The molecule has 0 radical (unpaired) electrons. The number of rotatable bonds is 40. The average Bonchev–Trinajstić information content (AvgIpc) is 3.03. The van der Waals surface area contributed by atoms with Crippen LogP contribution in [-0.4, -0.2) is 158 Å². The first kappa shape index (κ1) is 82.3. The van der Waals surface area contributed by atoms with E-state index in [2.05, 4.69) is 241 Å². The lowest BCUT2D eigenvalue weighted by Crippen LogP contribution is -2.63. The summed E-state index contributed by atoms with van der Waals surface area (Å²) in [5, 5.41) is 2.93. The van der Waals surface area contributed by atoms with E-state index in [1.807, 2.05) is 0 Å². The van der Waals surface area contributed by atoms with Crippen LogP contribution in [0.15, 0.2) is 12.2 Å². The predicted molar refractivity (Wildman–Crippen MR) is 372 cm³/mol. The summed E-state index contributed by atoms with van der Waals surface area (Å²) in [4.78, 5) is 12.0. The molecule has 0 bridgehead atoms. The Morgan fingerprint density at radius 1 is 0.287 bits per heavy atom. The van der Waals surface area contributed by atoms with Crippen LogP contribution in [-0.2, 0) is 70.6 Å². The molecule has 0 rings (SSSR count). The molecular weight excluding hydrogens is 1300 g/mol. The molecule has 18 nitrogen and oxygen atoms in total. The highest BCUT2D eigenvalue weighted by molar-refractivity contribution is 6.95.